The van der Waals surface area contributed by atoms with Crippen molar-refractivity contribution in [2.75, 3.05) is 0 Å². The van der Waals surface area contributed by atoms with Gasteiger partial charge in [0, 0.05) is 16.3 Å². The first kappa shape index (κ1) is 11.9. The summed E-state index contributed by atoms with van der Waals surface area (Å²) in [4.78, 5) is 8.56. The third kappa shape index (κ3) is 1.98. The van der Waals surface area contributed by atoms with Gasteiger partial charge in [0.15, 0.2) is 5.82 Å². The highest BCUT2D eigenvalue weighted by Crippen LogP contribution is 2.30. The molecular weight excluding hydrogens is 274 g/mol. The Balaban J connectivity index is 2.18. The van der Waals surface area contributed by atoms with Gasteiger partial charge in [-0.2, -0.15) is 0 Å². The molecule has 1 aromatic carbocycles. The van der Waals surface area contributed by atoms with Gasteiger partial charge in [-0.25, -0.2) is 14.4 Å². The smallest absolute Gasteiger partial charge is 0.164 e. The molecule has 92 valence electrons. The minimum absolute atomic E-state index is 0.291. The Hall–Kier alpha value is -1.19. The Morgan fingerprint density at radius 2 is 1.94 bits per heavy atom. The van der Waals surface area contributed by atoms with Crippen molar-refractivity contribution in [2.45, 2.75) is 19.3 Å². The van der Waals surface area contributed by atoms with E-state index in [0.29, 0.717) is 21.6 Å². The van der Waals surface area contributed by atoms with E-state index < -0.39 is 5.82 Å². The highest BCUT2D eigenvalue weighted by atomic mass is 35.5. The number of hydrogen-bond acceptors (Lipinski definition) is 2. The van der Waals surface area contributed by atoms with E-state index in [4.69, 9.17) is 23.2 Å². The van der Waals surface area contributed by atoms with Crippen molar-refractivity contribution in [3.63, 3.8) is 0 Å². The second-order valence-electron chi connectivity index (χ2n) is 4.24. The molecule has 1 aliphatic carbocycles. The van der Waals surface area contributed by atoms with Gasteiger partial charge in [0.1, 0.15) is 11.0 Å². The summed E-state index contributed by atoms with van der Waals surface area (Å²) in [6.45, 7) is 0. The molecule has 3 rings (SSSR count). The van der Waals surface area contributed by atoms with Crippen molar-refractivity contribution < 1.29 is 4.39 Å². The van der Waals surface area contributed by atoms with E-state index in [0.717, 1.165) is 30.5 Å². The maximum absolute atomic E-state index is 13.8. The molecule has 1 aliphatic rings. The average molecular weight is 283 g/mol. The fraction of sp³-hybridized carbons (Fsp3) is 0.231. The highest BCUT2D eigenvalue weighted by molar-refractivity contribution is 6.31. The Morgan fingerprint density at radius 3 is 2.78 bits per heavy atom. The third-order valence-electron chi connectivity index (χ3n) is 3.05. The van der Waals surface area contributed by atoms with Crippen LogP contribution < -0.4 is 0 Å². The predicted octanol–water partition coefficient (Wildman–Crippen LogP) is 4.08. The first-order valence-corrected chi connectivity index (χ1v) is 6.41. The second-order valence-corrected chi connectivity index (χ2v) is 5.04. The maximum atomic E-state index is 13.8. The highest BCUT2D eigenvalue weighted by Gasteiger charge is 2.20. The largest absolute Gasteiger partial charge is 0.233 e. The van der Waals surface area contributed by atoms with Crippen molar-refractivity contribution in [3.8, 4) is 11.4 Å². The van der Waals surface area contributed by atoms with Crippen LogP contribution >= 0.6 is 23.2 Å². The van der Waals surface area contributed by atoms with Crippen LogP contribution in [0.15, 0.2) is 18.2 Å². The van der Waals surface area contributed by atoms with Crippen molar-refractivity contribution in [1.29, 1.82) is 0 Å². The van der Waals surface area contributed by atoms with Crippen LogP contribution in [0.2, 0.25) is 10.2 Å². The molecule has 18 heavy (non-hydrogen) atoms. The predicted molar refractivity (Wildman–Crippen MR) is 69.5 cm³/mol. The zero-order valence-corrected chi connectivity index (χ0v) is 10.9. The Kier molecular flexibility index (Phi) is 2.96. The van der Waals surface area contributed by atoms with Gasteiger partial charge in [-0.1, -0.05) is 23.2 Å². The van der Waals surface area contributed by atoms with Crippen LogP contribution in [0.25, 0.3) is 11.4 Å². The zero-order valence-electron chi connectivity index (χ0n) is 9.38. The lowest BCUT2D eigenvalue weighted by Gasteiger charge is -2.07. The SMILES string of the molecule is Fc1ccc(Cl)cc1-c1nc(Cl)c2c(n1)CCC2. The molecule has 2 aromatic rings. The standard InChI is InChI=1S/C13H9Cl2FN2/c14-7-4-5-10(16)9(6-7)13-17-11-3-1-2-8(11)12(15)18-13/h4-6H,1-3H2. The number of benzene rings is 1. The van der Waals surface area contributed by atoms with Crippen molar-refractivity contribution >= 4 is 23.2 Å². The summed E-state index contributed by atoms with van der Waals surface area (Å²) in [6.07, 6.45) is 2.78. The molecule has 0 radical (unpaired) electrons. The van der Waals surface area contributed by atoms with E-state index in [9.17, 15) is 4.39 Å². The summed E-state index contributed by atoms with van der Waals surface area (Å²) in [6, 6.07) is 4.32. The van der Waals surface area contributed by atoms with Crippen molar-refractivity contribution in [1.82, 2.24) is 9.97 Å². The topological polar surface area (TPSA) is 25.8 Å². The molecule has 1 aromatic heterocycles. The number of nitrogens with zero attached hydrogens (tertiary/aromatic N) is 2. The number of fused-ring (bicyclic) bond motifs is 1. The minimum atomic E-state index is -0.395. The molecule has 0 fully saturated rings. The fourth-order valence-corrected chi connectivity index (χ4v) is 2.63. The maximum Gasteiger partial charge on any atom is 0.164 e. The van der Waals surface area contributed by atoms with Crippen molar-refractivity contribution in [3.05, 3.63) is 45.4 Å². The summed E-state index contributed by atoms with van der Waals surface area (Å²) >= 11 is 12.0. The molecule has 0 spiro atoms. The monoisotopic (exact) mass is 282 g/mol. The van der Waals surface area contributed by atoms with Crippen LogP contribution in [0.4, 0.5) is 4.39 Å². The molecule has 0 N–H and O–H groups in total. The van der Waals surface area contributed by atoms with E-state index in [2.05, 4.69) is 9.97 Å². The number of hydrogen-bond donors (Lipinski definition) is 0. The Labute approximate surface area is 114 Å². The number of halogens is 3. The minimum Gasteiger partial charge on any atom is -0.233 e. The number of aryl methyl sites for hydroxylation is 1. The quantitative estimate of drug-likeness (QED) is 0.737. The molecule has 0 amide bonds. The average Bonchev–Trinajstić information content (AvgIpc) is 2.81. The summed E-state index contributed by atoms with van der Waals surface area (Å²) < 4.78 is 13.8. The van der Waals surface area contributed by atoms with Gasteiger partial charge in [-0.05, 0) is 37.5 Å². The number of aromatic nitrogens is 2. The Morgan fingerprint density at radius 1 is 1.11 bits per heavy atom. The van der Waals surface area contributed by atoms with Gasteiger partial charge in [0.2, 0.25) is 0 Å². The van der Waals surface area contributed by atoms with Crippen LogP contribution in [-0.2, 0) is 12.8 Å². The molecule has 0 atom stereocenters. The van der Waals surface area contributed by atoms with Gasteiger partial charge in [0.05, 0.1) is 5.56 Å². The van der Waals surface area contributed by atoms with Crippen LogP contribution in [0, 0.1) is 5.82 Å². The van der Waals surface area contributed by atoms with Crippen LogP contribution in [0.3, 0.4) is 0 Å². The van der Waals surface area contributed by atoms with E-state index in [1.54, 1.807) is 0 Å². The molecular formula is C13H9Cl2FN2. The van der Waals surface area contributed by atoms with Gasteiger partial charge in [-0.3, -0.25) is 0 Å². The van der Waals surface area contributed by atoms with Crippen LogP contribution in [0.5, 0.6) is 0 Å². The first-order valence-electron chi connectivity index (χ1n) is 5.66. The van der Waals surface area contributed by atoms with Crippen LogP contribution in [-0.4, -0.2) is 9.97 Å². The van der Waals surface area contributed by atoms with Gasteiger partial charge < -0.3 is 0 Å². The lowest BCUT2D eigenvalue weighted by molar-refractivity contribution is 0.630. The van der Waals surface area contributed by atoms with Gasteiger partial charge in [-0.15, -0.1) is 0 Å². The van der Waals surface area contributed by atoms with E-state index in [-0.39, 0.29) is 0 Å². The van der Waals surface area contributed by atoms with E-state index in [1.165, 1.54) is 18.2 Å². The molecule has 0 unspecified atom stereocenters. The van der Waals surface area contributed by atoms with Gasteiger partial charge >= 0.3 is 0 Å². The van der Waals surface area contributed by atoms with E-state index in [1.807, 2.05) is 0 Å². The number of rotatable bonds is 1. The fourth-order valence-electron chi connectivity index (χ4n) is 2.18. The van der Waals surface area contributed by atoms with Gasteiger partial charge in [0.25, 0.3) is 0 Å². The summed E-state index contributed by atoms with van der Waals surface area (Å²) in [5.41, 5.74) is 2.20. The summed E-state index contributed by atoms with van der Waals surface area (Å²) in [7, 11) is 0. The molecule has 1 heterocycles. The molecule has 0 saturated carbocycles. The summed E-state index contributed by atoms with van der Waals surface area (Å²) in [5.74, 6) is -0.0888. The van der Waals surface area contributed by atoms with E-state index >= 15 is 0 Å². The molecule has 5 heteroatoms. The molecule has 2 nitrogen and oxygen atoms in total. The van der Waals surface area contributed by atoms with Crippen molar-refractivity contribution in [2.24, 2.45) is 0 Å². The third-order valence-corrected chi connectivity index (χ3v) is 3.60. The Bertz CT molecular complexity index is 629. The zero-order chi connectivity index (χ0) is 12.7. The summed E-state index contributed by atoms with van der Waals surface area (Å²) in [5, 5.41) is 0.874. The lowest BCUT2D eigenvalue weighted by Crippen LogP contribution is -1.99. The molecule has 0 saturated heterocycles. The second kappa shape index (κ2) is 4.48. The molecule has 0 bridgehead atoms. The first-order chi connectivity index (χ1) is 8.65. The lowest BCUT2D eigenvalue weighted by atomic mass is 10.2. The molecule has 0 aliphatic heterocycles. The normalized spacial score (nSPS) is 13.7. The van der Waals surface area contributed by atoms with Crippen LogP contribution in [0.1, 0.15) is 17.7 Å².